The monoisotopic (exact) mass is 521 g/mol. The van der Waals surface area contributed by atoms with Gasteiger partial charge in [-0.15, -0.1) is 0 Å². The van der Waals surface area contributed by atoms with Gasteiger partial charge in [-0.2, -0.15) is 5.26 Å². The van der Waals surface area contributed by atoms with Crippen LogP contribution in [0.4, 0.5) is 14.5 Å². The van der Waals surface area contributed by atoms with E-state index >= 15 is 0 Å². The minimum atomic E-state index is -3.09. The van der Waals surface area contributed by atoms with Gasteiger partial charge in [0.05, 0.1) is 18.5 Å². The smallest absolute Gasteiger partial charge is 0.255 e. The zero-order chi connectivity index (χ0) is 26.0. The van der Waals surface area contributed by atoms with E-state index in [0.29, 0.717) is 30.1 Å². The Morgan fingerprint density at radius 3 is 2.81 bits per heavy atom. The molecule has 8 nitrogen and oxygen atoms in total. The van der Waals surface area contributed by atoms with E-state index in [1.807, 2.05) is 6.07 Å². The van der Waals surface area contributed by atoms with Crippen LogP contribution in [0.2, 0.25) is 5.02 Å². The summed E-state index contributed by atoms with van der Waals surface area (Å²) in [5, 5.41) is 18.4. The molecule has 5 atom stereocenters. The normalized spacial score (nSPS) is 27.5. The van der Waals surface area contributed by atoms with Gasteiger partial charge in [-0.3, -0.25) is 14.4 Å². The molecule has 194 valence electrons. The van der Waals surface area contributed by atoms with Crippen LogP contribution in [-0.2, 0) is 14.4 Å². The van der Waals surface area contributed by atoms with Crippen LogP contribution in [0.15, 0.2) is 18.2 Å². The second-order valence-electron chi connectivity index (χ2n) is 9.87. The third-order valence-electron chi connectivity index (χ3n) is 7.58. The van der Waals surface area contributed by atoms with Crippen molar-refractivity contribution in [3.8, 4) is 6.07 Å². The van der Waals surface area contributed by atoms with E-state index in [9.17, 15) is 28.4 Å². The predicted octanol–water partition coefficient (Wildman–Crippen LogP) is 3.00. The third-order valence-corrected chi connectivity index (χ3v) is 7.99. The highest BCUT2D eigenvalue weighted by atomic mass is 35.5. The molecule has 11 heteroatoms. The van der Waals surface area contributed by atoms with Gasteiger partial charge in [-0.05, 0) is 56.7 Å². The second kappa shape index (κ2) is 10.6. The maximum absolute atomic E-state index is 14.9. The molecule has 4 fully saturated rings. The van der Waals surface area contributed by atoms with Gasteiger partial charge in [0.15, 0.2) is 0 Å². The number of nitrogens with one attached hydrogen (secondary N) is 3. The number of piperidine rings is 3. The summed E-state index contributed by atoms with van der Waals surface area (Å²) < 4.78 is 29.7. The van der Waals surface area contributed by atoms with E-state index in [-0.39, 0.29) is 25.3 Å². The molecule has 3 heterocycles. The summed E-state index contributed by atoms with van der Waals surface area (Å²) in [6.07, 6.45) is 1.45. The lowest BCUT2D eigenvalue weighted by molar-refractivity contribution is -0.193. The fraction of sp³-hybridized carbons (Fsp3) is 0.600. The summed E-state index contributed by atoms with van der Waals surface area (Å²) in [4.78, 5) is 40.0. The number of halogens is 3. The molecule has 0 aromatic heterocycles. The number of carbonyl (C=O) groups excluding carboxylic acids is 3. The average molecular weight is 522 g/mol. The SMILES string of the molecule is Cc1c(Cl)cccc1NCC(=O)N1[C@@H]2CC[C@H]([C@H]1C(=O)N[C@@H](C#N)C[C@@H]1CCCNC1=O)C(F)(F)C2. The Bertz CT molecular complexity index is 1080. The first kappa shape index (κ1) is 26.1. The molecule has 1 saturated carbocycles. The predicted molar refractivity (Wildman–Crippen MR) is 129 cm³/mol. The molecular formula is C25H30ClF2N5O3. The van der Waals surface area contributed by atoms with Crippen molar-refractivity contribution in [3.05, 3.63) is 28.8 Å². The van der Waals surface area contributed by atoms with Crippen molar-refractivity contribution in [2.24, 2.45) is 11.8 Å². The number of anilines is 1. The number of benzene rings is 1. The first-order valence-electron chi connectivity index (χ1n) is 12.3. The summed E-state index contributed by atoms with van der Waals surface area (Å²) in [6.45, 7) is 2.17. The van der Waals surface area contributed by atoms with Crippen LogP contribution in [-0.4, -0.2) is 59.8 Å². The summed E-state index contributed by atoms with van der Waals surface area (Å²) >= 11 is 6.14. The Morgan fingerprint density at radius 2 is 2.11 bits per heavy atom. The zero-order valence-electron chi connectivity index (χ0n) is 20.0. The number of amides is 3. The van der Waals surface area contributed by atoms with Crippen molar-refractivity contribution >= 4 is 35.0 Å². The van der Waals surface area contributed by atoms with Crippen molar-refractivity contribution in [3.63, 3.8) is 0 Å². The van der Waals surface area contributed by atoms with Gasteiger partial charge in [0, 0.05) is 35.6 Å². The molecular weight excluding hydrogens is 492 g/mol. The van der Waals surface area contributed by atoms with E-state index in [4.69, 9.17) is 11.6 Å². The van der Waals surface area contributed by atoms with Gasteiger partial charge >= 0.3 is 0 Å². The number of carbonyl (C=O) groups is 3. The second-order valence-corrected chi connectivity index (χ2v) is 10.3. The molecule has 3 aliphatic heterocycles. The zero-order valence-corrected chi connectivity index (χ0v) is 20.8. The molecule has 1 aromatic rings. The Kier molecular flexibility index (Phi) is 7.69. The standard InChI is InChI=1S/C25H30ClF2N5O3/c1-14-19(26)5-2-6-20(14)31-13-21(34)33-17-7-8-18(25(27,28)11-17)22(33)24(36)32-16(12-29)10-15-4-3-9-30-23(15)35/h2,5-6,15-18,22,31H,3-4,7-11,13H2,1H3,(H,30,35)(H,32,36)/t15-,16+,17+,18+,22-/m0/s1. The topological polar surface area (TPSA) is 114 Å². The molecule has 0 spiro atoms. The molecule has 5 rings (SSSR count). The van der Waals surface area contributed by atoms with Gasteiger partial charge in [0.25, 0.3) is 5.92 Å². The highest BCUT2D eigenvalue weighted by molar-refractivity contribution is 6.31. The number of nitrogens with zero attached hydrogens (tertiary/aromatic N) is 2. The van der Waals surface area contributed by atoms with Crippen molar-refractivity contribution in [2.45, 2.75) is 69.5 Å². The van der Waals surface area contributed by atoms with Crippen molar-refractivity contribution in [1.82, 2.24) is 15.5 Å². The van der Waals surface area contributed by atoms with E-state index < -0.39 is 54.1 Å². The Hall–Kier alpha value is -2.93. The summed E-state index contributed by atoms with van der Waals surface area (Å²) in [5.41, 5.74) is 1.39. The van der Waals surface area contributed by atoms with Crippen LogP contribution in [0.3, 0.4) is 0 Å². The molecule has 0 radical (unpaired) electrons. The maximum Gasteiger partial charge on any atom is 0.255 e. The average Bonchev–Trinajstić information content (AvgIpc) is 2.84. The van der Waals surface area contributed by atoms with Crippen molar-refractivity contribution < 1.29 is 23.2 Å². The molecule has 3 N–H and O–H groups in total. The van der Waals surface area contributed by atoms with E-state index in [2.05, 4.69) is 16.0 Å². The fourth-order valence-corrected chi connectivity index (χ4v) is 5.85. The lowest BCUT2D eigenvalue weighted by Crippen LogP contribution is -2.69. The molecule has 3 amide bonds. The van der Waals surface area contributed by atoms with Gasteiger partial charge in [-0.1, -0.05) is 17.7 Å². The Morgan fingerprint density at radius 1 is 1.33 bits per heavy atom. The third kappa shape index (κ3) is 5.26. The molecule has 3 saturated heterocycles. The molecule has 0 unspecified atom stereocenters. The molecule has 1 aliphatic carbocycles. The number of alkyl halides is 2. The van der Waals surface area contributed by atoms with Crippen LogP contribution in [0.5, 0.6) is 0 Å². The Balaban J connectivity index is 1.50. The Labute approximate surface area is 213 Å². The van der Waals surface area contributed by atoms with Gasteiger partial charge < -0.3 is 20.9 Å². The quantitative estimate of drug-likeness (QED) is 0.510. The lowest BCUT2D eigenvalue weighted by atomic mass is 9.71. The van der Waals surface area contributed by atoms with Crippen LogP contribution >= 0.6 is 11.6 Å². The van der Waals surface area contributed by atoms with E-state index in [0.717, 1.165) is 12.0 Å². The maximum atomic E-state index is 14.9. The largest absolute Gasteiger partial charge is 0.376 e. The minimum Gasteiger partial charge on any atom is -0.376 e. The summed E-state index contributed by atoms with van der Waals surface area (Å²) in [6, 6.07) is 4.00. The van der Waals surface area contributed by atoms with E-state index in [1.165, 1.54) is 4.90 Å². The van der Waals surface area contributed by atoms with E-state index in [1.54, 1.807) is 25.1 Å². The number of hydrogen-bond donors (Lipinski definition) is 3. The number of hydrogen-bond acceptors (Lipinski definition) is 5. The highest BCUT2D eigenvalue weighted by Gasteiger charge is 2.60. The molecule has 1 aromatic carbocycles. The van der Waals surface area contributed by atoms with Crippen LogP contribution < -0.4 is 16.0 Å². The first-order chi connectivity index (χ1) is 17.1. The summed E-state index contributed by atoms with van der Waals surface area (Å²) in [7, 11) is 0. The molecule has 4 aliphatic rings. The minimum absolute atomic E-state index is 0.0921. The van der Waals surface area contributed by atoms with Gasteiger partial charge in [-0.25, -0.2) is 8.78 Å². The number of fused-ring (bicyclic) bond motifs is 3. The molecule has 2 bridgehead atoms. The van der Waals surface area contributed by atoms with Crippen LogP contribution in [0.1, 0.15) is 44.1 Å². The highest BCUT2D eigenvalue weighted by Crippen LogP contribution is 2.49. The van der Waals surface area contributed by atoms with Crippen LogP contribution in [0, 0.1) is 30.1 Å². The number of rotatable bonds is 7. The van der Waals surface area contributed by atoms with Crippen molar-refractivity contribution in [2.75, 3.05) is 18.4 Å². The van der Waals surface area contributed by atoms with Crippen molar-refractivity contribution in [1.29, 1.82) is 5.26 Å². The first-order valence-corrected chi connectivity index (χ1v) is 12.7. The molecule has 36 heavy (non-hydrogen) atoms. The van der Waals surface area contributed by atoms with Crippen LogP contribution in [0.25, 0.3) is 0 Å². The van der Waals surface area contributed by atoms with Gasteiger partial charge in [0.1, 0.15) is 12.1 Å². The van der Waals surface area contributed by atoms with Gasteiger partial charge in [0.2, 0.25) is 17.7 Å². The summed E-state index contributed by atoms with van der Waals surface area (Å²) in [5.74, 6) is -6.30. The fourth-order valence-electron chi connectivity index (χ4n) is 5.67. The number of nitriles is 1. The lowest BCUT2D eigenvalue weighted by Gasteiger charge is -2.53.